The molecule has 1 aliphatic heterocycles. The predicted molar refractivity (Wildman–Crippen MR) is 127 cm³/mol. The molecule has 4 aromatic rings. The number of rotatable bonds is 4. The quantitative estimate of drug-likeness (QED) is 0.408. The van der Waals surface area contributed by atoms with Crippen LogP contribution in [0.1, 0.15) is 35.7 Å². The van der Waals surface area contributed by atoms with Crippen molar-refractivity contribution in [3.63, 3.8) is 0 Å². The van der Waals surface area contributed by atoms with Crippen molar-refractivity contribution in [1.29, 1.82) is 15.8 Å². The minimum atomic E-state index is 0.258. The molecule has 34 heavy (non-hydrogen) atoms. The van der Waals surface area contributed by atoms with E-state index < -0.39 is 0 Å². The lowest BCUT2D eigenvalue weighted by Crippen LogP contribution is -2.31. The Balaban J connectivity index is 1.57. The van der Waals surface area contributed by atoms with Gasteiger partial charge in [0, 0.05) is 45.9 Å². The maximum atomic E-state index is 9.63. The van der Waals surface area contributed by atoms with Crippen LogP contribution in [-0.4, -0.2) is 37.4 Å². The van der Waals surface area contributed by atoms with Gasteiger partial charge in [-0.3, -0.25) is 4.68 Å². The van der Waals surface area contributed by atoms with Crippen molar-refractivity contribution in [3.8, 4) is 29.5 Å². The van der Waals surface area contributed by atoms with Crippen molar-refractivity contribution >= 4 is 17.3 Å². The van der Waals surface area contributed by atoms with Crippen LogP contribution in [-0.2, 0) is 0 Å². The zero-order valence-corrected chi connectivity index (χ0v) is 19.3. The average Bonchev–Trinajstić information content (AvgIpc) is 3.47. The van der Waals surface area contributed by atoms with Gasteiger partial charge in [-0.1, -0.05) is 23.9 Å². The standard InChI is InChI=1S/C25H20N8S/c1-17-22(14-30-33(17)21-6-8-31(16-28)9-7-21)19-10-24(25-20(12-27)13-29-32(25)15-19)34-23-5-3-2-4-18(23)11-26/h2-5,10,13-15,21H,6-9H2,1H3. The Morgan fingerprint density at radius 2 is 1.74 bits per heavy atom. The normalized spacial score (nSPS) is 14.0. The Bertz CT molecular complexity index is 1500. The lowest BCUT2D eigenvalue weighted by molar-refractivity contribution is 0.239. The predicted octanol–water partition coefficient (Wildman–Crippen LogP) is 4.52. The van der Waals surface area contributed by atoms with E-state index in [0.29, 0.717) is 11.1 Å². The maximum Gasteiger partial charge on any atom is 0.179 e. The Labute approximate surface area is 201 Å². The van der Waals surface area contributed by atoms with Gasteiger partial charge < -0.3 is 4.90 Å². The molecule has 9 heteroatoms. The summed E-state index contributed by atoms with van der Waals surface area (Å²) in [4.78, 5) is 3.46. The second-order valence-electron chi connectivity index (χ2n) is 8.17. The number of piperidine rings is 1. The van der Waals surface area contributed by atoms with E-state index in [-0.39, 0.29) is 6.04 Å². The summed E-state index contributed by atoms with van der Waals surface area (Å²) in [5.41, 5.74) is 4.78. The van der Waals surface area contributed by atoms with Gasteiger partial charge in [0.15, 0.2) is 6.19 Å². The minimum absolute atomic E-state index is 0.258. The SMILES string of the molecule is Cc1c(-c2cc(Sc3ccccc3C#N)c3c(C#N)cnn3c2)cnn1C1CCN(C#N)CC1. The number of fused-ring (bicyclic) bond motifs is 1. The summed E-state index contributed by atoms with van der Waals surface area (Å²) in [6, 6.07) is 14.2. The number of hydrogen-bond donors (Lipinski definition) is 0. The molecule has 8 nitrogen and oxygen atoms in total. The average molecular weight is 465 g/mol. The first-order valence-corrected chi connectivity index (χ1v) is 11.7. The summed E-state index contributed by atoms with van der Waals surface area (Å²) in [7, 11) is 0. The molecule has 0 aliphatic carbocycles. The fourth-order valence-corrected chi connectivity index (χ4v) is 5.54. The summed E-state index contributed by atoms with van der Waals surface area (Å²) in [6.07, 6.45) is 9.35. The molecule has 4 heterocycles. The molecular formula is C25H20N8S. The van der Waals surface area contributed by atoms with Crippen LogP contribution < -0.4 is 0 Å². The van der Waals surface area contributed by atoms with E-state index in [9.17, 15) is 10.5 Å². The highest BCUT2D eigenvalue weighted by Gasteiger charge is 2.23. The molecule has 0 amide bonds. The van der Waals surface area contributed by atoms with Gasteiger partial charge in [-0.05, 0) is 38.0 Å². The third kappa shape index (κ3) is 3.75. The summed E-state index contributed by atoms with van der Waals surface area (Å²) >= 11 is 1.46. The van der Waals surface area contributed by atoms with Crippen molar-refractivity contribution in [1.82, 2.24) is 24.3 Å². The van der Waals surface area contributed by atoms with Gasteiger partial charge in [-0.15, -0.1) is 0 Å². The zero-order chi connectivity index (χ0) is 23.7. The number of nitriles is 3. The number of nitrogens with zero attached hydrogens (tertiary/aromatic N) is 8. The van der Waals surface area contributed by atoms with Crippen LogP contribution in [0, 0.1) is 41.0 Å². The molecule has 3 aromatic heterocycles. The molecular weight excluding hydrogens is 444 g/mol. The molecule has 166 valence electrons. The van der Waals surface area contributed by atoms with E-state index >= 15 is 0 Å². The Kier molecular flexibility index (Phi) is 5.67. The van der Waals surface area contributed by atoms with Gasteiger partial charge in [-0.2, -0.15) is 26.0 Å². The van der Waals surface area contributed by atoms with Crippen LogP contribution in [0.3, 0.4) is 0 Å². The van der Waals surface area contributed by atoms with Gasteiger partial charge in [0.25, 0.3) is 0 Å². The van der Waals surface area contributed by atoms with Gasteiger partial charge >= 0.3 is 0 Å². The molecule has 0 radical (unpaired) electrons. The van der Waals surface area contributed by atoms with Gasteiger partial charge in [0.2, 0.25) is 0 Å². The third-order valence-electron chi connectivity index (χ3n) is 6.23. The first-order chi connectivity index (χ1) is 16.6. The number of pyridine rings is 1. The summed E-state index contributed by atoms with van der Waals surface area (Å²) in [5.74, 6) is 0. The highest BCUT2D eigenvalue weighted by molar-refractivity contribution is 7.99. The van der Waals surface area contributed by atoms with E-state index in [4.69, 9.17) is 10.4 Å². The number of hydrogen-bond acceptors (Lipinski definition) is 7. The number of likely N-dealkylation sites (tertiary alicyclic amines) is 1. The maximum absolute atomic E-state index is 9.63. The number of aromatic nitrogens is 4. The van der Waals surface area contributed by atoms with Crippen molar-refractivity contribution in [2.75, 3.05) is 13.1 Å². The third-order valence-corrected chi connectivity index (χ3v) is 7.34. The molecule has 1 aliphatic rings. The highest BCUT2D eigenvalue weighted by Crippen LogP contribution is 2.38. The molecule has 5 rings (SSSR count). The van der Waals surface area contributed by atoms with E-state index in [1.165, 1.54) is 11.8 Å². The van der Waals surface area contributed by atoms with Crippen molar-refractivity contribution in [2.24, 2.45) is 0 Å². The second kappa shape index (κ2) is 8.94. The zero-order valence-electron chi connectivity index (χ0n) is 18.5. The summed E-state index contributed by atoms with van der Waals surface area (Å²) in [6.45, 7) is 3.54. The van der Waals surface area contributed by atoms with E-state index in [1.54, 1.807) is 21.7 Å². The van der Waals surface area contributed by atoms with Crippen LogP contribution >= 0.6 is 11.8 Å². The molecule has 0 bridgehead atoms. The fourth-order valence-electron chi connectivity index (χ4n) is 4.44. The van der Waals surface area contributed by atoms with Crippen molar-refractivity contribution < 1.29 is 0 Å². The van der Waals surface area contributed by atoms with Crippen LogP contribution in [0.25, 0.3) is 16.6 Å². The van der Waals surface area contributed by atoms with Crippen molar-refractivity contribution in [2.45, 2.75) is 35.6 Å². The molecule has 1 aromatic carbocycles. The fraction of sp³-hybridized carbons (Fsp3) is 0.240. The second-order valence-corrected chi connectivity index (χ2v) is 9.26. The Morgan fingerprint density at radius 1 is 0.971 bits per heavy atom. The van der Waals surface area contributed by atoms with E-state index in [0.717, 1.165) is 58.1 Å². The minimum Gasteiger partial charge on any atom is -0.310 e. The first-order valence-electron chi connectivity index (χ1n) is 10.9. The lowest BCUT2D eigenvalue weighted by Gasteiger charge is -2.29. The smallest absolute Gasteiger partial charge is 0.179 e. The van der Waals surface area contributed by atoms with E-state index in [1.807, 2.05) is 36.7 Å². The molecule has 0 spiro atoms. The Hall–Kier alpha value is -4.26. The molecule has 1 fully saturated rings. The van der Waals surface area contributed by atoms with Crippen LogP contribution in [0.5, 0.6) is 0 Å². The lowest BCUT2D eigenvalue weighted by atomic mass is 10.0. The van der Waals surface area contributed by atoms with E-state index in [2.05, 4.69) is 35.0 Å². The summed E-state index contributed by atoms with van der Waals surface area (Å²) < 4.78 is 3.79. The van der Waals surface area contributed by atoms with Crippen molar-refractivity contribution in [3.05, 3.63) is 65.7 Å². The van der Waals surface area contributed by atoms with Gasteiger partial charge in [0.05, 0.1) is 35.1 Å². The highest BCUT2D eigenvalue weighted by atomic mass is 32.2. The van der Waals surface area contributed by atoms with Crippen LogP contribution in [0.15, 0.2) is 58.7 Å². The first kappa shape index (κ1) is 21.6. The number of benzene rings is 1. The van der Waals surface area contributed by atoms with Gasteiger partial charge in [-0.25, -0.2) is 4.52 Å². The Morgan fingerprint density at radius 3 is 2.47 bits per heavy atom. The summed E-state index contributed by atoms with van der Waals surface area (Å²) in [5, 5.41) is 37.4. The molecule has 0 atom stereocenters. The molecule has 0 saturated carbocycles. The largest absolute Gasteiger partial charge is 0.310 e. The van der Waals surface area contributed by atoms with Crippen LogP contribution in [0.2, 0.25) is 0 Å². The van der Waals surface area contributed by atoms with Gasteiger partial charge in [0.1, 0.15) is 12.1 Å². The van der Waals surface area contributed by atoms with Crippen LogP contribution in [0.4, 0.5) is 0 Å². The molecule has 0 N–H and O–H groups in total. The molecule has 1 saturated heterocycles. The monoisotopic (exact) mass is 464 g/mol. The molecule has 0 unspecified atom stereocenters. The topological polar surface area (TPSA) is 110 Å².